The highest BCUT2D eigenvalue weighted by Gasteiger charge is 1.96. The van der Waals surface area contributed by atoms with Crippen LogP contribution in [0.4, 0.5) is 0 Å². The zero-order valence-corrected chi connectivity index (χ0v) is 6.84. The van der Waals surface area contributed by atoms with Gasteiger partial charge in [0, 0.05) is 13.6 Å². The Morgan fingerprint density at radius 1 is 1.60 bits per heavy atom. The van der Waals surface area contributed by atoms with Crippen molar-refractivity contribution in [1.82, 2.24) is 5.06 Å². The Balaban J connectivity index is 3.33. The van der Waals surface area contributed by atoms with E-state index in [2.05, 4.69) is 11.2 Å². The van der Waals surface area contributed by atoms with Crippen LogP contribution in [0.1, 0.15) is 12.8 Å². The van der Waals surface area contributed by atoms with Crippen molar-refractivity contribution in [1.29, 1.82) is 0 Å². The van der Waals surface area contributed by atoms with E-state index < -0.39 is 11.0 Å². The monoisotopic (exact) mass is 166 g/mol. The Hall–Kier alpha value is -0.130. The van der Waals surface area contributed by atoms with Crippen molar-refractivity contribution < 1.29 is 12.7 Å². The molecule has 1 radical (unpaired) electrons. The second kappa shape index (κ2) is 5.64. The van der Waals surface area contributed by atoms with E-state index in [1.54, 1.807) is 7.05 Å². The first-order valence-corrected chi connectivity index (χ1v) is 4.09. The average molecular weight is 166 g/mol. The van der Waals surface area contributed by atoms with Crippen molar-refractivity contribution in [3.05, 3.63) is 6.92 Å². The van der Waals surface area contributed by atoms with E-state index >= 15 is 0 Å². The lowest BCUT2D eigenvalue weighted by Crippen LogP contribution is -2.19. The number of thiol groups is 1. The minimum atomic E-state index is -2.75. The highest BCUT2D eigenvalue weighted by molar-refractivity contribution is 7.67. The number of hydrogen-bond acceptors (Lipinski definition) is 4. The molecule has 0 aliphatic carbocycles. The van der Waals surface area contributed by atoms with E-state index in [1.165, 1.54) is 5.06 Å². The van der Waals surface area contributed by atoms with Crippen molar-refractivity contribution >= 4 is 11.0 Å². The standard InChI is InChI=1S/C5H12NO3S/c1-3-4-5-6(2)9-10(7)8/h10H,1,3-5H2,2H3. The van der Waals surface area contributed by atoms with Crippen molar-refractivity contribution in [3.8, 4) is 0 Å². The second-order valence-corrected chi connectivity index (χ2v) is 2.47. The molecular weight excluding hydrogens is 154 g/mol. The van der Waals surface area contributed by atoms with E-state index in [1.807, 2.05) is 0 Å². The Labute approximate surface area is 62.9 Å². The van der Waals surface area contributed by atoms with Gasteiger partial charge in [0.05, 0.1) is 0 Å². The van der Waals surface area contributed by atoms with Gasteiger partial charge >= 0.3 is 0 Å². The minimum absolute atomic E-state index is 0.590. The molecule has 0 saturated carbocycles. The summed E-state index contributed by atoms with van der Waals surface area (Å²) >= 11 is 0. The normalized spacial score (nSPS) is 11.2. The van der Waals surface area contributed by atoms with Gasteiger partial charge in [-0.3, -0.25) is 0 Å². The molecule has 0 unspecified atom stereocenters. The van der Waals surface area contributed by atoms with Gasteiger partial charge in [0.25, 0.3) is 11.0 Å². The van der Waals surface area contributed by atoms with Gasteiger partial charge in [-0.2, -0.15) is 9.35 Å². The van der Waals surface area contributed by atoms with Gasteiger partial charge in [-0.05, 0) is 6.42 Å². The zero-order valence-electron chi connectivity index (χ0n) is 5.95. The summed E-state index contributed by atoms with van der Waals surface area (Å²) in [7, 11) is -1.18. The topological polar surface area (TPSA) is 46.6 Å². The van der Waals surface area contributed by atoms with E-state index in [0.29, 0.717) is 6.54 Å². The number of nitrogens with zero attached hydrogens (tertiary/aromatic N) is 1. The van der Waals surface area contributed by atoms with Gasteiger partial charge in [0.1, 0.15) is 0 Å². The predicted octanol–water partition coefficient (Wildman–Crippen LogP) is -0.00951. The lowest BCUT2D eigenvalue weighted by molar-refractivity contribution is -0.0190. The third kappa shape index (κ3) is 6.00. The SMILES string of the molecule is [CH2]CCCN(C)O[SH](=O)=O. The summed E-state index contributed by atoms with van der Waals surface area (Å²) < 4.78 is 24.2. The van der Waals surface area contributed by atoms with E-state index in [9.17, 15) is 8.42 Å². The van der Waals surface area contributed by atoms with E-state index in [-0.39, 0.29) is 0 Å². The van der Waals surface area contributed by atoms with Crippen molar-refractivity contribution in [2.45, 2.75) is 12.8 Å². The molecule has 0 spiro atoms. The zero-order chi connectivity index (χ0) is 7.98. The van der Waals surface area contributed by atoms with E-state index in [0.717, 1.165) is 12.8 Å². The maximum atomic E-state index is 9.93. The Bertz CT molecular complexity index is 138. The summed E-state index contributed by atoms with van der Waals surface area (Å²) in [6.07, 6.45) is 1.61. The quantitative estimate of drug-likeness (QED) is 0.461. The molecule has 0 atom stereocenters. The first kappa shape index (κ1) is 9.87. The third-order valence-electron chi connectivity index (χ3n) is 0.929. The van der Waals surface area contributed by atoms with Crippen LogP contribution in [0.2, 0.25) is 0 Å². The van der Waals surface area contributed by atoms with Gasteiger partial charge in [0.2, 0.25) is 0 Å². The number of rotatable bonds is 5. The molecule has 0 aromatic rings. The van der Waals surface area contributed by atoms with Crippen LogP contribution in [0.25, 0.3) is 0 Å². The molecule has 4 nitrogen and oxygen atoms in total. The molecule has 5 heteroatoms. The van der Waals surface area contributed by atoms with Crippen LogP contribution in [0.3, 0.4) is 0 Å². The smallest absolute Gasteiger partial charge is 0.201 e. The molecule has 61 valence electrons. The Morgan fingerprint density at radius 2 is 2.20 bits per heavy atom. The third-order valence-corrected chi connectivity index (χ3v) is 1.34. The van der Waals surface area contributed by atoms with Gasteiger partial charge in [-0.25, -0.2) is 8.42 Å². The summed E-state index contributed by atoms with van der Waals surface area (Å²) in [6, 6.07) is 0. The van der Waals surface area contributed by atoms with Gasteiger partial charge < -0.3 is 0 Å². The summed E-state index contributed by atoms with van der Waals surface area (Å²) in [4.78, 5) is 0. The van der Waals surface area contributed by atoms with Crippen molar-refractivity contribution in [2.24, 2.45) is 0 Å². The highest BCUT2D eigenvalue weighted by Crippen LogP contribution is 1.91. The molecule has 0 aliphatic rings. The number of hydroxylamine groups is 2. The first-order chi connectivity index (χ1) is 4.66. The maximum absolute atomic E-state index is 9.93. The largest absolute Gasteiger partial charge is 0.273 e. The van der Waals surface area contributed by atoms with Crippen LogP contribution in [0, 0.1) is 6.92 Å². The lowest BCUT2D eigenvalue weighted by Gasteiger charge is -2.09. The second-order valence-electron chi connectivity index (χ2n) is 1.86. The molecule has 0 saturated heterocycles. The summed E-state index contributed by atoms with van der Waals surface area (Å²) in [6.45, 7) is 4.19. The number of hydrogen-bond donors (Lipinski definition) is 1. The molecule has 0 amide bonds. The van der Waals surface area contributed by atoms with Crippen molar-refractivity contribution in [3.63, 3.8) is 0 Å². The van der Waals surface area contributed by atoms with Crippen LogP contribution in [-0.4, -0.2) is 27.1 Å². The molecular formula is C5H12NO3S. The van der Waals surface area contributed by atoms with Crippen LogP contribution < -0.4 is 0 Å². The van der Waals surface area contributed by atoms with Gasteiger partial charge in [-0.15, -0.1) is 0 Å². The molecule has 10 heavy (non-hydrogen) atoms. The van der Waals surface area contributed by atoms with Crippen molar-refractivity contribution in [2.75, 3.05) is 13.6 Å². The fourth-order valence-electron chi connectivity index (χ4n) is 0.489. The molecule has 0 heterocycles. The average Bonchev–Trinajstić information content (AvgIpc) is 1.82. The summed E-state index contributed by atoms with van der Waals surface area (Å²) in [5.74, 6) is 0. The Morgan fingerprint density at radius 3 is 2.60 bits per heavy atom. The van der Waals surface area contributed by atoms with Gasteiger partial charge in [0.15, 0.2) is 0 Å². The molecule has 0 aliphatic heterocycles. The van der Waals surface area contributed by atoms with Crippen LogP contribution >= 0.6 is 0 Å². The molecule has 0 aromatic carbocycles. The highest BCUT2D eigenvalue weighted by atomic mass is 32.2. The predicted molar refractivity (Wildman–Crippen MR) is 38.6 cm³/mol. The molecule has 0 N–H and O–H groups in total. The molecule has 0 bridgehead atoms. The van der Waals surface area contributed by atoms with Crippen LogP contribution in [0.15, 0.2) is 0 Å². The van der Waals surface area contributed by atoms with E-state index in [4.69, 9.17) is 0 Å². The van der Waals surface area contributed by atoms with Gasteiger partial charge in [-0.1, -0.05) is 13.3 Å². The minimum Gasteiger partial charge on any atom is -0.201 e. The molecule has 0 aromatic heterocycles. The fourth-order valence-corrected chi connectivity index (χ4v) is 0.798. The fraction of sp³-hybridized carbons (Fsp3) is 0.800. The molecule has 0 fully saturated rings. The summed E-state index contributed by atoms with van der Waals surface area (Å²) in [5.41, 5.74) is 0. The lowest BCUT2D eigenvalue weighted by atomic mass is 10.3. The Kier molecular flexibility index (Phi) is 5.57. The first-order valence-electron chi connectivity index (χ1n) is 2.99. The van der Waals surface area contributed by atoms with Crippen LogP contribution in [-0.2, 0) is 15.3 Å². The number of unbranched alkanes of at least 4 members (excludes halogenated alkanes) is 1. The summed E-state index contributed by atoms with van der Waals surface area (Å²) in [5, 5.41) is 1.27. The van der Waals surface area contributed by atoms with Crippen LogP contribution in [0.5, 0.6) is 0 Å². The molecule has 0 rings (SSSR count). The maximum Gasteiger partial charge on any atom is 0.273 e.